The number of methoxy groups -OCH3 is 1. The molecule has 0 aliphatic carbocycles. The van der Waals surface area contributed by atoms with Gasteiger partial charge in [0.15, 0.2) is 22.9 Å². The molecular weight excluding hydrogens is 451 g/mol. The second-order valence-electron chi connectivity index (χ2n) is 9.92. The van der Waals surface area contributed by atoms with Crippen molar-refractivity contribution in [2.45, 2.75) is 40.0 Å². The summed E-state index contributed by atoms with van der Waals surface area (Å²) in [4.78, 5) is 26.7. The van der Waals surface area contributed by atoms with Crippen LogP contribution in [0, 0.1) is 18.2 Å². The maximum atomic E-state index is 14.2. The van der Waals surface area contributed by atoms with Crippen molar-refractivity contribution in [3.05, 3.63) is 63.1 Å². The molecule has 1 aliphatic heterocycles. The summed E-state index contributed by atoms with van der Waals surface area (Å²) in [6, 6.07) is 7.63. The first-order valence-corrected chi connectivity index (χ1v) is 11.7. The van der Waals surface area contributed by atoms with E-state index in [0.717, 1.165) is 49.2 Å². The molecule has 35 heavy (non-hydrogen) atoms. The van der Waals surface area contributed by atoms with E-state index in [-0.39, 0.29) is 27.8 Å². The molecule has 1 aromatic heterocycles. The molecule has 2 aromatic carbocycles. The topological polar surface area (TPSA) is 92.0 Å². The smallest absolute Gasteiger partial charge is 0.337 e. The molecule has 8 heteroatoms. The van der Waals surface area contributed by atoms with Crippen LogP contribution < -0.4 is 20.4 Å². The Morgan fingerprint density at radius 2 is 1.91 bits per heavy atom. The molecule has 7 nitrogen and oxygen atoms in total. The predicted molar refractivity (Wildman–Crippen MR) is 135 cm³/mol. The zero-order valence-electron chi connectivity index (χ0n) is 20.5. The standard InChI is InChI=1S/C27H31FN2O5/c1-16-11-17(5-8-29-21-14-20(28)23(34-4)13-18(21)26(32)33)25-19(12-16)22(31)15-24(35-25)30-9-6-27(2,3)7-10-30/h11-15,29H,5-10H2,1-4H3,(H,32,33). The van der Waals surface area contributed by atoms with E-state index in [1.807, 2.05) is 19.1 Å². The van der Waals surface area contributed by atoms with Crippen LogP contribution in [-0.4, -0.2) is 37.8 Å². The average molecular weight is 483 g/mol. The quantitative estimate of drug-likeness (QED) is 0.476. The number of hydrogen-bond donors (Lipinski definition) is 2. The maximum absolute atomic E-state index is 14.2. The average Bonchev–Trinajstić information content (AvgIpc) is 2.79. The van der Waals surface area contributed by atoms with Crippen LogP contribution in [0.5, 0.6) is 5.75 Å². The Morgan fingerprint density at radius 3 is 2.57 bits per heavy atom. The van der Waals surface area contributed by atoms with Crippen molar-refractivity contribution in [3.63, 3.8) is 0 Å². The SMILES string of the molecule is COc1cc(C(=O)O)c(NCCc2cc(C)cc3c(=O)cc(N4CCC(C)(C)CC4)oc23)cc1F. The van der Waals surface area contributed by atoms with Crippen LogP contribution in [0.25, 0.3) is 11.0 Å². The Labute approximate surface area is 203 Å². The van der Waals surface area contributed by atoms with E-state index in [0.29, 0.717) is 29.8 Å². The molecule has 0 bridgehead atoms. The largest absolute Gasteiger partial charge is 0.494 e. The number of piperidine rings is 1. The zero-order valence-corrected chi connectivity index (χ0v) is 20.5. The van der Waals surface area contributed by atoms with E-state index in [9.17, 15) is 19.1 Å². The number of carbonyl (C=O) groups is 1. The van der Waals surface area contributed by atoms with Crippen LogP contribution in [-0.2, 0) is 6.42 Å². The number of nitrogens with zero attached hydrogens (tertiary/aromatic N) is 1. The third-order valence-corrected chi connectivity index (χ3v) is 6.70. The minimum Gasteiger partial charge on any atom is -0.494 e. The van der Waals surface area contributed by atoms with Crippen molar-refractivity contribution < 1.29 is 23.4 Å². The summed E-state index contributed by atoms with van der Waals surface area (Å²) in [5.41, 5.74) is 2.55. The Hall–Kier alpha value is -3.55. The Kier molecular flexibility index (Phi) is 6.74. The van der Waals surface area contributed by atoms with Gasteiger partial charge in [0.2, 0.25) is 0 Å². The summed E-state index contributed by atoms with van der Waals surface area (Å²) in [5, 5.41) is 13.0. The molecule has 0 unspecified atom stereocenters. The van der Waals surface area contributed by atoms with Crippen molar-refractivity contribution in [2.24, 2.45) is 5.41 Å². The molecule has 0 radical (unpaired) electrons. The lowest BCUT2D eigenvalue weighted by Gasteiger charge is -2.37. The van der Waals surface area contributed by atoms with Crippen molar-refractivity contribution in [2.75, 3.05) is 37.0 Å². The lowest BCUT2D eigenvalue weighted by molar-refractivity contribution is 0.0697. The summed E-state index contributed by atoms with van der Waals surface area (Å²) < 4.78 is 25.4. The van der Waals surface area contributed by atoms with E-state index >= 15 is 0 Å². The number of benzene rings is 2. The van der Waals surface area contributed by atoms with Gasteiger partial charge in [-0.25, -0.2) is 9.18 Å². The summed E-state index contributed by atoms with van der Waals surface area (Å²) in [6.45, 7) is 8.38. The minimum atomic E-state index is -1.19. The van der Waals surface area contributed by atoms with Crippen LogP contribution >= 0.6 is 0 Å². The van der Waals surface area contributed by atoms with Gasteiger partial charge in [-0.2, -0.15) is 0 Å². The van der Waals surface area contributed by atoms with E-state index in [1.165, 1.54) is 7.11 Å². The maximum Gasteiger partial charge on any atom is 0.337 e. The van der Waals surface area contributed by atoms with Crippen molar-refractivity contribution in [1.82, 2.24) is 0 Å². The minimum absolute atomic E-state index is 0.0841. The fourth-order valence-corrected chi connectivity index (χ4v) is 4.51. The number of nitrogens with one attached hydrogen (secondary N) is 1. The highest BCUT2D eigenvalue weighted by atomic mass is 19.1. The van der Waals surface area contributed by atoms with Crippen LogP contribution in [0.3, 0.4) is 0 Å². The molecule has 0 amide bonds. The zero-order chi connectivity index (χ0) is 25.3. The number of carboxylic acids is 1. The van der Waals surface area contributed by atoms with Crippen molar-refractivity contribution in [3.8, 4) is 5.75 Å². The fourth-order valence-electron chi connectivity index (χ4n) is 4.51. The molecule has 0 saturated carbocycles. The summed E-state index contributed by atoms with van der Waals surface area (Å²) >= 11 is 0. The molecule has 1 fully saturated rings. The van der Waals surface area contributed by atoms with Crippen molar-refractivity contribution in [1.29, 1.82) is 0 Å². The number of carboxylic acid groups (broad SMARTS) is 1. The van der Waals surface area contributed by atoms with Gasteiger partial charge in [0.1, 0.15) is 5.58 Å². The molecule has 1 aliphatic rings. The number of anilines is 2. The number of halogens is 1. The molecule has 2 N–H and O–H groups in total. The molecular formula is C27H31FN2O5. The van der Waals surface area contributed by atoms with E-state index in [1.54, 1.807) is 6.07 Å². The van der Waals surface area contributed by atoms with Gasteiger partial charge < -0.3 is 24.5 Å². The molecule has 0 spiro atoms. The molecule has 186 valence electrons. The van der Waals surface area contributed by atoms with Gasteiger partial charge in [-0.1, -0.05) is 19.9 Å². The number of fused-ring (bicyclic) bond motifs is 1. The van der Waals surface area contributed by atoms with Crippen LogP contribution in [0.1, 0.15) is 48.2 Å². The Morgan fingerprint density at radius 1 is 1.20 bits per heavy atom. The van der Waals surface area contributed by atoms with Gasteiger partial charge in [-0.15, -0.1) is 0 Å². The third kappa shape index (κ3) is 5.26. The van der Waals surface area contributed by atoms with Crippen molar-refractivity contribution >= 4 is 28.5 Å². The summed E-state index contributed by atoms with van der Waals surface area (Å²) in [5.74, 6) is -1.40. The van der Waals surface area contributed by atoms with E-state index in [4.69, 9.17) is 9.15 Å². The fraction of sp³-hybridized carbons (Fsp3) is 0.407. The predicted octanol–water partition coefficient (Wildman–Crippen LogP) is 5.23. The Balaban J connectivity index is 1.61. The van der Waals surface area contributed by atoms with Crippen LogP contribution in [0.4, 0.5) is 16.0 Å². The van der Waals surface area contributed by atoms with Gasteiger partial charge >= 0.3 is 5.97 Å². The molecule has 3 aromatic rings. The number of aromatic carboxylic acids is 1. The second-order valence-corrected chi connectivity index (χ2v) is 9.92. The summed E-state index contributed by atoms with van der Waals surface area (Å²) in [6.07, 6.45) is 2.48. The summed E-state index contributed by atoms with van der Waals surface area (Å²) in [7, 11) is 1.28. The van der Waals surface area contributed by atoms with Gasteiger partial charge in [0.05, 0.1) is 23.7 Å². The number of aryl methyl sites for hydroxylation is 1. The highest BCUT2D eigenvalue weighted by Crippen LogP contribution is 2.33. The molecule has 4 rings (SSSR count). The van der Waals surface area contributed by atoms with Gasteiger partial charge in [0.25, 0.3) is 0 Å². The molecule has 1 saturated heterocycles. The third-order valence-electron chi connectivity index (χ3n) is 6.70. The van der Waals surface area contributed by atoms with Gasteiger partial charge in [-0.3, -0.25) is 4.79 Å². The number of ether oxygens (including phenoxy) is 1. The monoisotopic (exact) mass is 482 g/mol. The number of hydrogen-bond acceptors (Lipinski definition) is 6. The second kappa shape index (κ2) is 9.60. The van der Waals surface area contributed by atoms with Gasteiger partial charge in [-0.05, 0) is 54.9 Å². The first kappa shape index (κ1) is 24.6. The lowest BCUT2D eigenvalue weighted by atomic mass is 9.83. The normalized spacial score (nSPS) is 15.3. The van der Waals surface area contributed by atoms with E-state index in [2.05, 4.69) is 24.1 Å². The molecule has 2 heterocycles. The molecule has 0 atom stereocenters. The number of rotatable bonds is 7. The van der Waals surface area contributed by atoms with E-state index < -0.39 is 11.8 Å². The first-order valence-electron chi connectivity index (χ1n) is 11.7. The van der Waals surface area contributed by atoms with Crippen LogP contribution in [0.15, 0.2) is 39.5 Å². The highest BCUT2D eigenvalue weighted by molar-refractivity contribution is 5.94. The highest BCUT2D eigenvalue weighted by Gasteiger charge is 2.27. The lowest BCUT2D eigenvalue weighted by Crippen LogP contribution is -2.37. The Bertz CT molecular complexity index is 1320. The van der Waals surface area contributed by atoms with Crippen LogP contribution in [0.2, 0.25) is 0 Å². The first-order chi connectivity index (χ1) is 16.6. The van der Waals surface area contributed by atoms with Gasteiger partial charge in [0, 0.05) is 31.8 Å².